The number of rotatable bonds is 4. The minimum Gasteiger partial charge on any atom is -0.422 e. The molecule has 30 heavy (non-hydrogen) atoms. The normalized spacial score (nSPS) is 11.1. The first kappa shape index (κ1) is 18.5. The van der Waals surface area contributed by atoms with Crippen molar-refractivity contribution < 1.29 is 9.21 Å². The summed E-state index contributed by atoms with van der Waals surface area (Å²) in [4.78, 5) is 28.5. The van der Waals surface area contributed by atoms with E-state index < -0.39 is 5.63 Å². The Morgan fingerprint density at radius 1 is 1.10 bits per heavy atom. The molecule has 0 spiro atoms. The van der Waals surface area contributed by atoms with Crippen molar-refractivity contribution in [2.75, 3.05) is 0 Å². The van der Waals surface area contributed by atoms with Crippen molar-refractivity contribution >= 4 is 40.2 Å². The van der Waals surface area contributed by atoms with Crippen LogP contribution in [0.4, 0.5) is 0 Å². The minimum absolute atomic E-state index is 0.332. The highest BCUT2D eigenvalue weighted by atomic mass is 35.5. The minimum atomic E-state index is -0.485. The molecule has 3 heterocycles. The summed E-state index contributed by atoms with van der Waals surface area (Å²) in [5.74, 6) is 0. The standard InChI is InChI=1S/C22H12ClN3O3S/c23-16-6-7-19-14(8-16)9-17(21(28)29-19)18-12-30-22(24-18)26-10-15(11-27)20(25-26)13-4-2-1-3-5-13/h1-12H. The largest absolute Gasteiger partial charge is 0.422 e. The van der Waals surface area contributed by atoms with Gasteiger partial charge in [-0.15, -0.1) is 11.3 Å². The SMILES string of the molecule is O=Cc1cn(-c2nc(-c3cc4cc(Cl)ccc4oc3=O)cs2)nc1-c1ccccc1. The molecule has 0 aliphatic rings. The van der Waals surface area contributed by atoms with Crippen LogP contribution in [0.5, 0.6) is 0 Å². The molecule has 0 bridgehead atoms. The molecule has 0 unspecified atom stereocenters. The van der Waals surface area contributed by atoms with Crippen molar-refractivity contribution in [3.05, 3.63) is 87.2 Å². The summed E-state index contributed by atoms with van der Waals surface area (Å²) in [6.07, 6.45) is 2.39. The van der Waals surface area contributed by atoms with Crippen LogP contribution in [-0.2, 0) is 0 Å². The predicted molar refractivity (Wildman–Crippen MR) is 117 cm³/mol. The molecular formula is C22H12ClN3O3S. The molecule has 0 amide bonds. The first-order chi connectivity index (χ1) is 14.6. The Hall–Kier alpha value is -3.55. The molecule has 2 aromatic carbocycles. The smallest absolute Gasteiger partial charge is 0.345 e. The summed E-state index contributed by atoms with van der Waals surface area (Å²) in [5.41, 5.74) is 2.63. The van der Waals surface area contributed by atoms with E-state index in [1.165, 1.54) is 11.3 Å². The Kier molecular flexibility index (Phi) is 4.54. The number of hydrogen-bond donors (Lipinski definition) is 0. The van der Waals surface area contributed by atoms with E-state index >= 15 is 0 Å². The number of carbonyl (C=O) groups excluding carboxylic acids is 1. The van der Waals surface area contributed by atoms with E-state index in [9.17, 15) is 9.59 Å². The maximum absolute atomic E-state index is 12.5. The zero-order valence-corrected chi connectivity index (χ0v) is 16.9. The van der Waals surface area contributed by atoms with Crippen molar-refractivity contribution in [1.82, 2.24) is 14.8 Å². The molecule has 3 aromatic heterocycles. The fraction of sp³-hybridized carbons (Fsp3) is 0. The van der Waals surface area contributed by atoms with Gasteiger partial charge in [-0.1, -0.05) is 41.9 Å². The van der Waals surface area contributed by atoms with Crippen LogP contribution in [0.2, 0.25) is 5.02 Å². The number of fused-ring (bicyclic) bond motifs is 1. The molecule has 0 radical (unpaired) electrons. The molecule has 5 aromatic rings. The lowest BCUT2D eigenvalue weighted by molar-refractivity contribution is 0.112. The summed E-state index contributed by atoms with van der Waals surface area (Å²) in [6.45, 7) is 0. The lowest BCUT2D eigenvalue weighted by atomic mass is 10.1. The van der Waals surface area contributed by atoms with Gasteiger partial charge >= 0.3 is 5.63 Å². The second kappa shape index (κ2) is 7.37. The molecule has 6 nitrogen and oxygen atoms in total. The van der Waals surface area contributed by atoms with Gasteiger partial charge in [-0.25, -0.2) is 14.5 Å². The molecule has 146 valence electrons. The van der Waals surface area contributed by atoms with E-state index in [1.807, 2.05) is 30.3 Å². The summed E-state index contributed by atoms with van der Waals surface area (Å²) >= 11 is 7.36. The van der Waals surface area contributed by atoms with Gasteiger partial charge < -0.3 is 4.42 Å². The van der Waals surface area contributed by atoms with Crippen molar-refractivity contribution in [1.29, 1.82) is 0 Å². The van der Waals surface area contributed by atoms with E-state index in [0.717, 1.165) is 11.8 Å². The molecule has 0 saturated carbocycles. The Morgan fingerprint density at radius 3 is 2.73 bits per heavy atom. The van der Waals surface area contributed by atoms with Gasteiger partial charge in [0, 0.05) is 27.5 Å². The van der Waals surface area contributed by atoms with Crippen LogP contribution in [0.3, 0.4) is 0 Å². The maximum atomic E-state index is 12.5. The number of benzene rings is 2. The highest BCUT2D eigenvalue weighted by Crippen LogP contribution is 2.28. The quantitative estimate of drug-likeness (QED) is 0.286. The fourth-order valence-corrected chi connectivity index (χ4v) is 4.09. The molecule has 0 atom stereocenters. The van der Waals surface area contributed by atoms with Crippen LogP contribution < -0.4 is 5.63 Å². The van der Waals surface area contributed by atoms with Crippen molar-refractivity contribution in [3.8, 4) is 27.6 Å². The third-order valence-electron chi connectivity index (χ3n) is 4.57. The van der Waals surface area contributed by atoms with E-state index in [4.69, 9.17) is 16.0 Å². The van der Waals surface area contributed by atoms with Gasteiger partial charge in [0.25, 0.3) is 0 Å². The molecule has 0 aliphatic carbocycles. The second-order valence-corrected chi connectivity index (χ2v) is 7.78. The molecular weight excluding hydrogens is 422 g/mol. The summed E-state index contributed by atoms with van der Waals surface area (Å²) in [7, 11) is 0. The second-order valence-electron chi connectivity index (χ2n) is 6.51. The van der Waals surface area contributed by atoms with Crippen LogP contribution in [0, 0.1) is 0 Å². The molecule has 0 saturated heterocycles. The maximum Gasteiger partial charge on any atom is 0.345 e. The average molecular weight is 434 g/mol. The lowest BCUT2D eigenvalue weighted by Crippen LogP contribution is -2.03. The van der Waals surface area contributed by atoms with Crippen molar-refractivity contribution in [2.24, 2.45) is 0 Å². The summed E-state index contributed by atoms with van der Waals surface area (Å²) in [6, 6.07) is 16.2. The van der Waals surface area contributed by atoms with E-state index in [0.29, 0.717) is 43.6 Å². The zero-order valence-electron chi connectivity index (χ0n) is 15.3. The van der Waals surface area contributed by atoms with Gasteiger partial charge in [0.15, 0.2) is 6.29 Å². The highest BCUT2D eigenvalue weighted by Gasteiger charge is 2.16. The summed E-state index contributed by atoms with van der Waals surface area (Å²) < 4.78 is 6.94. The number of hydrogen-bond acceptors (Lipinski definition) is 6. The van der Waals surface area contributed by atoms with Gasteiger partial charge in [-0.2, -0.15) is 5.10 Å². The summed E-state index contributed by atoms with van der Waals surface area (Å²) in [5, 5.41) is 8.07. The third-order valence-corrected chi connectivity index (χ3v) is 5.64. The number of aldehydes is 1. The van der Waals surface area contributed by atoms with Crippen LogP contribution >= 0.6 is 22.9 Å². The monoisotopic (exact) mass is 433 g/mol. The van der Waals surface area contributed by atoms with E-state index in [2.05, 4.69) is 10.1 Å². The molecule has 0 aliphatic heterocycles. The molecule has 5 rings (SSSR count). The van der Waals surface area contributed by atoms with Crippen LogP contribution in [0.25, 0.3) is 38.6 Å². The third kappa shape index (κ3) is 3.24. The van der Waals surface area contributed by atoms with Gasteiger partial charge in [-0.05, 0) is 24.3 Å². The van der Waals surface area contributed by atoms with Crippen LogP contribution in [-0.4, -0.2) is 21.1 Å². The lowest BCUT2D eigenvalue weighted by Gasteiger charge is -2.00. The first-order valence-electron chi connectivity index (χ1n) is 8.92. The van der Waals surface area contributed by atoms with E-state index in [1.54, 1.807) is 40.5 Å². The number of thiazole rings is 1. The Morgan fingerprint density at radius 2 is 1.93 bits per heavy atom. The Bertz CT molecular complexity index is 1450. The van der Waals surface area contributed by atoms with E-state index in [-0.39, 0.29) is 0 Å². The van der Waals surface area contributed by atoms with Gasteiger partial charge in [0.05, 0.1) is 16.8 Å². The Labute approximate surface area is 179 Å². The number of carbonyl (C=O) groups is 1. The van der Waals surface area contributed by atoms with Crippen molar-refractivity contribution in [2.45, 2.75) is 0 Å². The topological polar surface area (TPSA) is 78.0 Å². The van der Waals surface area contributed by atoms with Crippen molar-refractivity contribution in [3.63, 3.8) is 0 Å². The van der Waals surface area contributed by atoms with Gasteiger partial charge in [-0.3, -0.25) is 4.79 Å². The first-order valence-corrected chi connectivity index (χ1v) is 10.2. The molecule has 0 N–H and O–H groups in total. The number of nitrogens with zero attached hydrogens (tertiary/aromatic N) is 3. The number of aromatic nitrogens is 3. The highest BCUT2D eigenvalue weighted by molar-refractivity contribution is 7.12. The molecule has 8 heteroatoms. The fourth-order valence-electron chi connectivity index (χ4n) is 3.16. The van der Waals surface area contributed by atoms with Gasteiger partial charge in [0.1, 0.15) is 11.3 Å². The van der Waals surface area contributed by atoms with Crippen LogP contribution in [0.1, 0.15) is 10.4 Å². The average Bonchev–Trinajstić information content (AvgIpc) is 3.41. The van der Waals surface area contributed by atoms with Gasteiger partial charge in [0.2, 0.25) is 5.13 Å². The predicted octanol–water partition coefficient (Wildman–Crippen LogP) is 5.24. The Balaban J connectivity index is 1.58. The molecule has 0 fully saturated rings. The zero-order chi connectivity index (χ0) is 20.7. The van der Waals surface area contributed by atoms with Crippen LogP contribution in [0.15, 0.2) is 75.4 Å². The number of halogens is 1.